The number of aromatic amines is 1. The molecule has 3 aliphatic rings. The van der Waals surface area contributed by atoms with Gasteiger partial charge in [-0.15, -0.1) is 0 Å². The van der Waals surface area contributed by atoms with Crippen molar-refractivity contribution < 1.29 is 14.2 Å². The number of methoxy groups -OCH3 is 3. The quantitative estimate of drug-likeness (QED) is 0.440. The molecular formula is C30H49N5O3. The van der Waals surface area contributed by atoms with Crippen LogP contribution in [-0.4, -0.2) is 79.8 Å². The average molecular weight is 528 g/mol. The number of benzene rings is 1. The van der Waals surface area contributed by atoms with Crippen molar-refractivity contribution in [2.45, 2.75) is 83.5 Å². The molecule has 38 heavy (non-hydrogen) atoms. The standard InChI is InChI=1S/C26H39N5.C4H10O3/c1-2-4-24(5-3-1)31-16-11-26(12-17-31)10-15-30(21-26)20-23-8-6-22(7-9-23)18-27-19-25-28-13-14-29-25;1-5-4(6-2)7-3/h6-9,13-14,24,27H,1-5,10-12,15-21H2,(H,28,29);4H,1-3H3. The van der Waals surface area contributed by atoms with E-state index >= 15 is 0 Å². The third-order valence-electron chi connectivity index (χ3n) is 8.65. The lowest BCUT2D eigenvalue weighted by atomic mass is 9.77. The van der Waals surface area contributed by atoms with Crippen molar-refractivity contribution in [1.29, 1.82) is 0 Å². The molecule has 1 aliphatic carbocycles. The summed E-state index contributed by atoms with van der Waals surface area (Å²) in [6.07, 6.45) is 15.2. The molecule has 8 nitrogen and oxygen atoms in total. The number of likely N-dealkylation sites (tertiary alicyclic amines) is 2. The lowest BCUT2D eigenvalue weighted by Gasteiger charge is -2.43. The molecule has 2 aromatic rings. The second kappa shape index (κ2) is 15.1. The lowest BCUT2D eigenvalue weighted by Crippen LogP contribution is -2.46. The maximum Gasteiger partial charge on any atom is 0.270 e. The van der Waals surface area contributed by atoms with Gasteiger partial charge in [0, 0.05) is 59.4 Å². The zero-order valence-electron chi connectivity index (χ0n) is 23.8. The summed E-state index contributed by atoms with van der Waals surface area (Å²) in [4.78, 5) is 12.9. The molecule has 2 aliphatic heterocycles. The van der Waals surface area contributed by atoms with Crippen LogP contribution in [0.2, 0.25) is 0 Å². The Kier molecular flexibility index (Phi) is 11.6. The van der Waals surface area contributed by atoms with E-state index in [0.717, 1.165) is 31.5 Å². The van der Waals surface area contributed by atoms with Crippen LogP contribution in [0.15, 0.2) is 36.7 Å². The second-order valence-electron chi connectivity index (χ2n) is 11.2. The van der Waals surface area contributed by atoms with Crippen LogP contribution >= 0.6 is 0 Å². The van der Waals surface area contributed by atoms with Gasteiger partial charge in [-0.3, -0.25) is 4.90 Å². The van der Waals surface area contributed by atoms with Crippen molar-refractivity contribution in [3.05, 3.63) is 53.6 Å². The third kappa shape index (κ3) is 8.60. The van der Waals surface area contributed by atoms with E-state index in [0.29, 0.717) is 5.41 Å². The van der Waals surface area contributed by atoms with Crippen molar-refractivity contribution in [2.24, 2.45) is 5.41 Å². The maximum atomic E-state index is 4.60. The van der Waals surface area contributed by atoms with Gasteiger partial charge in [0.25, 0.3) is 6.48 Å². The van der Waals surface area contributed by atoms with Crippen LogP contribution in [0.3, 0.4) is 0 Å². The molecule has 5 rings (SSSR count). The van der Waals surface area contributed by atoms with Crippen LogP contribution in [0, 0.1) is 5.41 Å². The van der Waals surface area contributed by atoms with Crippen LogP contribution in [0.1, 0.15) is 68.3 Å². The van der Waals surface area contributed by atoms with Gasteiger partial charge in [-0.1, -0.05) is 43.5 Å². The molecule has 1 saturated carbocycles. The monoisotopic (exact) mass is 527 g/mol. The van der Waals surface area contributed by atoms with Gasteiger partial charge in [-0.05, 0) is 68.3 Å². The zero-order valence-corrected chi connectivity index (χ0v) is 23.8. The van der Waals surface area contributed by atoms with Crippen LogP contribution in [0.25, 0.3) is 0 Å². The summed E-state index contributed by atoms with van der Waals surface area (Å²) in [7, 11) is 4.53. The first-order chi connectivity index (χ1) is 18.6. The molecule has 3 heterocycles. The molecule has 8 heteroatoms. The minimum atomic E-state index is -0.514. The second-order valence-corrected chi connectivity index (χ2v) is 11.2. The number of H-pyrrole nitrogens is 1. The van der Waals surface area contributed by atoms with Gasteiger partial charge in [-0.25, -0.2) is 4.98 Å². The predicted molar refractivity (Wildman–Crippen MR) is 150 cm³/mol. The summed E-state index contributed by atoms with van der Waals surface area (Å²) >= 11 is 0. The highest BCUT2D eigenvalue weighted by Gasteiger charge is 2.41. The number of nitrogens with one attached hydrogen (secondary N) is 2. The maximum absolute atomic E-state index is 4.60. The number of imidazole rings is 1. The van der Waals surface area contributed by atoms with E-state index in [4.69, 9.17) is 0 Å². The summed E-state index contributed by atoms with van der Waals surface area (Å²) < 4.78 is 13.8. The Hall–Kier alpha value is -1.81. The fourth-order valence-corrected chi connectivity index (χ4v) is 6.41. The number of ether oxygens (including phenoxy) is 3. The van der Waals surface area contributed by atoms with E-state index in [9.17, 15) is 0 Å². The molecule has 0 atom stereocenters. The number of hydrogen-bond donors (Lipinski definition) is 2. The molecule has 2 N–H and O–H groups in total. The highest BCUT2D eigenvalue weighted by atomic mass is 16.8. The number of aromatic nitrogens is 2. The normalized spacial score (nSPS) is 20.6. The molecule has 0 bridgehead atoms. The molecule has 3 fully saturated rings. The summed E-state index contributed by atoms with van der Waals surface area (Å²) in [5, 5.41) is 3.45. The van der Waals surface area contributed by atoms with Crippen molar-refractivity contribution in [2.75, 3.05) is 47.5 Å². The van der Waals surface area contributed by atoms with Gasteiger partial charge in [0.05, 0.1) is 6.54 Å². The average Bonchev–Trinajstić information content (AvgIpc) is 3.62. The minimum Gasteiger partial charge on any atom is -0.348 e. The van der Waals surface area contributed by atoms with Crippen LogP contribution in [0.4, 0.5) is 0 Å². The zero-order chi connectivity index (χ0) is 26.6. The fourth-order valence-electron chi connectivity index (χ4n) is 6.41. The number of rotatable bonds is 10. The Morgan fingerprint density at radius 1 is 0.921 bits per heavy atom. The van der Waals surface area contributed by atoms with Crippen molar-refractivity contribution >= 4 is 0 Å². The highest BCUT2D eigenvalue weighted by molar-refractivity contribution is 5.22. The molecule has 0 unspecified atom stereocenters. The predicted octanol–water partition coefficient (Wildman–Crippen LogP) is 4.53. The highest BCUT2D eigenvalue weighted by Crippen LogP contribution is 2.42. The lowest BCUT2D eigenvalue weighted by molar-refractivity contribution is -0.252. The minimum absolute atomic E-state index is 0.514. The number of nitrogens with zero attached hydrogens (tertiary/aromatic N) is 3. The molecule has 1 aromatic heterocycles. The van der Waals surface area contributed by atoms with Gasteiger partial charge < -0.3 is 29.4 Å². The van der Waals surface area contributed by atoms with E-state index in [-0.39, 0.29) is 0 Å². The molecular weight excluding hydrogens is 478 g/mol. The first-order valence-electron chi connectivity index (χ1n) is 14.4. The third-order valence-corrected chi connectivity index (χ3v) is 8.65. The smallest absolute Gasteiger partial charge is 0.270 e. The van der Waals surface area contributed by atoms with Gasteiger partial charge >= 0.3 is 0 Å². The SMILES string of the molecule is COC(OC)OC.c1c[nH]c(CNCc2ccc(CN3CCC4(CCN(C5CCCCC5)CC4)C3)cc2)n1. The molecule has 1 spiro atoms. The first kappa shape index (κ1) is 29.2. The summed E-state index contributed by atoms with van der Waals surface area (Å²) in [5.41, 5.74) is 3.38. The molecule has 0 amide bonds. The van der Waals surface area contributed by atoms with E-state index < -0.39 is 6.48 Å². The summed E-state index contributed by atoms with van der Waals surface area (Å²) in [6, 6.07) is 10.1. The fraction of sp³-hybridized carbons (Fsp3) is 0.700. The van der Waals surface area contributed by atoms with Crippen molar-refractivity contribution in [3.63, 3.8) is 0 Å². The Morgan fingerprint density at radius 2 is 1.58 bits per heavy atom. The van der Waals surface area contributed by atoms with E-state index in [1.165, 1.54) is 110 Å². The number of hydrogen-bond acceptors (Lipinski definition) is 7. The van der Waals surface area contributed by atoms with Crippen LogP contribution < -0.4 is 5.32 Å². The first-order valence-corrected chi connectivity index (χ1v) is 14.4. The van der Waals surface area contributed by atoms with Gasteiger partial charge in [-0.2, -0.15) is 0 Å². The molecule has 2 saturated heterocycles. The van der Waals surface area contributed by atoms with E-state index in [1.54, 1.807) is 6.20 Å². The Labute approximate surface area is 229 Å². The van der Waals surface area contributed by atoms with Crippen molar-refractivity contribution in [1.82, 2.24) is 25.1 Å². The largest absolute Gasteiger partial charge is 0.348 e. The van der Waals surface area contributed by atoms with Crippen LogP contribution in [0.5, 0.6) is 0 Å². The Balaban J connectivity index is 0.000000426. The van der Waals surface area contributed by atoms with Crippen molar-refractivity contribution in [3.8, 4) is 0 Å². The van der Waals surface area contributed by atoms with E-state index in [2.05, 4.69) is 63.6 Å². The van der Waals surface area contributed by atoms with Gasteiger partial charge in [0.1, 0.15) is 5.82 Å². The Morgan fingerprint density at radius 3 is 2.18 bits per heavy atom. The molecule has 1 aromatic carbocycles. The molecule has 0 radical (unpaired) electrons. The summed E-state index contributed by atoms with van der Waals surface area (Å²) in [5.74, 6) is 0.990. The summed E-state index contributed by atoms with van der Waals surface area (Å²) in [6.45, 7) is 7.52. The van der Waals surface area contributed by atoms with Gasteiger partial charge in [0.2, 0.25) is 0 Å². The van der Waals surface area contributed by atoms with E-state index in [1.807, 2.05) is 6.20 Å². The van der Waals surface area contributed by atoms with Gasteiger partial charge in [0.15, 0.2) is 0 Å². The number of piperidine rings is 1. The molecule has 212 valence electrons. The van der Waals surface area contributed by atoms with Crippen LogP contribution in [-0.2, 0) is 33.8 Å². The Bertz CT molecular complexity index is 884. The topological polar surface area (TPSA) is 74.9 Å².